The highest BCUT2D eigenvalue weighted by Gasteiger charge is 2.27. The van der Waals surface area contributed by atoms with E-state index in [2.05, 4.69) is 10.6 Å². The van der Waals surface area contributed by atoms with Crippen molar-refractivity contribution in [2.45, 2.75) is 32.9 Å². The third-order valence-corrected chi connectivity index (χ3v) is 4.11. The molecule has 5 nitrogen and oxygen atoms in total. The Hall–Kier alpha value is -1.46. The van der Waals surface area contributed by atoms with Gasteiger partial charge in [-0.1, -0.05) is 37.0 Å². The molecule has 0 fully saturated rings. The van der Waals surface area contributed by atoms with Gasteiger partial charge >= 0.3 is 0 Å². The van der Waals surface area contributed by atoms with E-state index < -0.39 is 12.1 Å². The summed E-state index contributed by atoms with van der Waals surface area (Å²) in [6.45, 7) is 5.50. The zero-order valence-electron chi connectivity index (χ0n) is 14.0. The Morgan fingerprint density at radius 2 is 1.70 bits per heavy atom. The molecule has 0 aliphatic carbocycles. The standard InChI is InChI=1S/C16H23Cl2N3O2/c1-9(2)14(16(23)21(4)5)20-15(22)10(3)19-11-6-7-12(17)13(18)8-11/h6-10,14,19H,1-5H3,(H,20,22)/t10?,14-/m0/s1. The lowest BCUT2D eigenvalue weighted by Gasteiger charge is -2.26. The predicted octanol–water partition coefficient (Wildman–Crippen LogP) is 3.02. The number of halogens is 2. The van der Waals surface area contributed by atoms with Crippen LogP contribution in [0, 0.1) is 5.92 Å². The molecule has 7 heteroatoms. The number of benzene rings is 1. The molecule has 0 radical (unpaired) electrons. The molecule has 0 saturated carbocycles. The van der Waals surface area contributed by atoms with Crippen molar-refractivity contribution >= 4 is 40.7 Å². The first-order chi connectivity index (χ1) is 10.6. The van der Waals surface area contributed by atoms with Gasteiger partial charge in [-0.15, -0.1) is 0 Å². The van der Waals surface area contributed by atoms with E-state index in [0.717, 1.165) is 0 Å². The third kappa shape index (κ3) is 5.59. The van der Waals surface area contributed by atoms with E-state index in [1.807, 2.05) is 13.8 Å². The number of likely N-dealkylation sites (N-methyl/N-ethyl adjacent to an activating group) is 1. The van der Waals surface area contributed by atoms with Crippen LogP contribution in [0.2, 0.25) is 10.0 Å². The highest BCUT2D eigenvalue weighted by Crippen LogP contribution is 2.25. The summed E-state index contributed by atoms with van der Waals surface area (Å²) in [5.41, 5.74) is 0.682. The van der Waals surface area contributed by atoms with Crippen molar-refractivity contribution in [2.24, 2.45) is 5.92 Å². The molecule has 2 atom stereocenters. The SMILES string of the molecule is CC(Nc1ccc(Cl)c(Cl)c1)C(=O)N[C@H](C(=O)N(C)C)C(C)C. The Bertz CT molecular complexity index is 576. The largest absolute Gasteiger partial charge is 0.374 e. The fourth-order valence-corrected chi connectivity index (χ4v) is 2.27. The van der Waals surface area contributed by atoms with E-state index in [0.29, 0.717) is 15.7 Å². The Kier molecular flexibility index (Phi) is 7.16. The van der Waals surface area contributed by atoms with Crippen LogP contribution in [-0.4, -0.2) is 42.9 Å². The second-order valence-corrected chi connectivity index (χ2v) is 6.77. The van der Waals surface area contributed by atoms with Crippen molar-refractivity contribution in [3.63, 3.8) is 0 Å². The van der Waals surface area contributed by atoms with Gasteiger partial charge < -0.3 is 15.5 Å². The number of nitrogens with one attached hydrogen (secondary N) is 2. The number of anilines is 1. The molecule has 0 aliphatic rings. The summed E-state index contributed by atoms with van der Waals surface area (Å²) in [4.78, 5) is 26.0. The van der Waals surface area contributed by atoms with Crippen LogP contribution in [0.4, 0.5) is 5.69 Å². The second kappa shape index (κ2) is 8.41. The minimum Gasteiger partial charge on any atom is -0.374 e. The van der Waals surface area contributed by atoms with Gasteiger partial charge in [0.05, 0.1) is 10.0 Å². The molecule has 0 saturated heterocycles. The van der Waals surface area contributed by atoms with E-state index in [1.54, 1.807) is 39.2 Å². The first kappa shape index (κ1) is 19.6. The monoisotopic (exact) mass is 359 g/mol. The van der Waals surface area contributed by atoms with Gasteiger partial charge in [0.25, 0.3) is 0 Å². The maximum atomic E-state index is 12.3. The third-order valence-electron chi connectivity index (χ3n) is 3.37. The maximum Gasteiger partial charge on any atom is 0.244 e. The fraction of sp³-hybridized carbons (Fsp3) is 0.500. The van der Waals surface area contributed by atoms with Crippen LogP contribution in [0.5, 0.6) is 0 Å². The average molecular weight is 360 g/mol. The van der Waals surface area contributed by atoms with Crippen LogP contribution in [0.25, 0.3) is 0 Å². The summed E-state index contributed by atoms with van der Waals surface area (Å²) in [7, 11) is 3.34. The van der Waals surface area contributed by atoms with Gasteiger partial charge in [0.15, 0.2) is 0 Å². The minimum absolute atomic E-state index is 0.00831. The van der Waals surface area contributed by atoms with Crippen molar-refractivity contribution in [1.82, 2.24) is 10.2 Å². The highest BCUT2D eigenvalue weighted by atomic mass is 35.5. The molecule has 0 spiro atoms. The first-order valence-corrected chi connectivity index (χ1v) is 8.12. The summed E-state index contributed by atoms with van der Waals surface area (Å²) in [5.74, 6) is -0.397. The number of rotatable bonds is 6. The lowest BCUT2D eigenvalue weighted by atomic mass is 10.0. The van der Waals surface area contributed by atoms with Crippen molar-refractivity contribution in [1.29, 1.82) is 0 Å². The van der Waals surface area contributed by atoms with Crippen molar-refractivity contribution in [2.75, 3.05) is 19.4 Å². The number of hydrogen-bond acceptors (Lipinski definition) is 3. The number of hydrogen-bond donors (Lipinski definition) is 2. The minimum atomic E-state index is -0.560. The van der Waals surface area contributed by atoms with Gasteiger partial charge in [0, 0.05) is 19.8 Å². The summed E-state index contributed by atoms with van der Waals surface area (Å²) in [5, 5.41) is 6.69. The Morgan fingerprint density at radius 1 is 1.09 bits per heavy atom. The Morgan fingerprint density at radius 3 is 2.17 bits per heavy atom. The molecule has 0 aliphatic heterocycles. The number of amides is 2. The van der Waals surface area contributed by atoms with Crippen LogP contribution in [0.1, 0.15) is 20.8 Å². The molecule has 1 rings (SSSR count). The van der Waals surface area contributed by atoms with Crippen LogP contribution >= 0.6 is 23.2 Å². The molecule has 0 aromatic heterocycles. The van der Waals surface area contributed by atoms with Gasteiger partial charge in [-0.05, 0) is 31.0 Å². The quantitative estimate of drug-likeness (QED) is 0.820. The Labute approximate surface area is 147 Å². The molecule has 2 amide bonds. The molecule has 0 heterocycles. The Balaban J connectivity index is 2.75. The second-order valence-electron chi connectivity index (χ2n) is 5.96. The molecule has 1 aromatic carbocycles. The smallest absolute Gasteiger partial charge is 0.244 e. The van der Waals surface area contributed by atoms with Gasteiger partial charge in [-0.2, -0.15) is 0 Å². The molecule has 2 N–H and O–H groups in total. The molecular weight excluding hydrogens is 337 g/mol. The topological polar surface area (TPSA) is 61.4 Å². The van der Waals surface area contributed by atoms with E-state index in [9.17, 15) is 9.59 Å². The molecule has 0 bridgehead atoms. The van der Waals surface area contributed by atoms with Crippen LogP contribution in [0.3, 0.4) is 0 Å². The highest BCUT2D eigenvalue weighted by molar-refractivity contribution is 6.42. The van der Waals surface area contributed by atoms with Gasteiger partial charge in [-0.25, -0.2) is 0 Å². The van der Waals surface area contributed by atoms with E-state index in [1.165, 1.54) is 4.90 Å². The molecule has 128 valence electrons. The number of nitrogens with zero attached hydrogens (tertiary/aromatic N) is 1. The summed E-state index contributed by atoms with van der Waals surface area (Å²) in [6, 6.07) is 3.96. The van der Waals surface area contributed by atoms with Crippen LogP contribution in [0.15, 0.2) is 18.2 Å². The summed E-state index contributed by atoms with van der Waals surface area (Å²) < 4.78 is 0. The van der Waals surface area contributed by atoms with Crippen LogP contribution < -0.4 is 10.6 Å². The fourth-order valence-electron chi connectivity index (χ4n) is 1.97. The molecule has 1 unspecified atom stereocenters. The molecule has 1 aromatic rings. The van der Waals surface area contributed by atoms with E-state index in [-0.39, 0.29) is 17.7 Å². The zero-order valence-corrected chi connectivity index (χ0v) is 15.5. The molecule has 23 heavy (non-hydrogen) atoms. The number of carbonyl (C=O) groups excluding carboxylic acids is 2. The zero-order chi connectivity index (χ0) is 17.7. The van der Waals surface area contributed by atoms with Gasteiger partial charge in [0.1, 0.15) is 12.1 Å². The van der Waals surface area contributed by atoms with Crippen LogP contribution in [-0.2, 0) is 9.59 Å². The first-order valence-electron chi connectivity index (χ1n) is 7.36. The lowest BCUT2D eigenvalue weighted by molar-refractivity contribution is -0.135. The van der Waals surface area contributed by atoms with Gasteiger partial charge in [0.2, 0.25) is 11.8 Å². The predicted molar refractivity (Wildman–Crippen MR) is 95.0 cm³/mol. The summed E-state index contributed by atoms with van der Waals surface area (Å²) in [6.07, 6.45) is 0. The van der Waals surface area contributed by atoms with E-state index in [4.69, 9.17) is 23.2 Å². The van der Waals surface area contributed by atoms with E-state index >= 15 is 0 Å². The van der Waals surface area contributed by atoms with Crippen molar-refractivity contribution in [3.05, 3.63) is 28.2 Å². The normalized spacial score (nSPS) is 13.4. The van der Waals surface area contributed by atoms with Crippen molar-refractivity contribution in [3.8, 4) is 0 Å². The van der Waals surface area contributed by atoms with Gasteiger partial charge in [-0.3, -0.25) is 9.59 Å². The average Bonchev–Trinajstić information content (AvgIpc) is 2.47. The maximum absolute atomic E-state index is 12.3. The summed E-state index contributed by atoms with van der Waals surface area (Å²) >= 11 is 11.8. The lowest BCUT2D eigenvalue weighted by Crippen LogP contribution is -2.52. The van der Waals surface area contributed by atoms with Crippen molar-refractivity contribution < 1.29 is 9.59 Å². The molecular formula is C16H23Cl2N3O2. The number of carbonyl (C=O) groups is 2.